The van der Waals surface area contributed by atoms with Crippen molar-refractivity contribution in [3.63, 3.8) is 0 Å². The van der Waals surface area contributed by atoms with Gasteiger partial charge >= 0.3 is 5.97 Å². The molecule has 2 aromatic carbocycles. The smallest absolute Gasteiger partial charge is 0.336 e. The van der Waals surface area contributed by atoms with E-state index in [2.05, 4.69) is 5.32 Å². The number of carbonyl (C=O) groups is 2. The van der Waals surface area contributed by atoms with Gasteiger partial charge in [0.25, 0.3) is 0 Å². The predicted octanol–water partition coefficient (Wildman–Crippen LogP) is 5.54. The quantitative estimate of drug-likeness (QED) is 0.612. The molecule has 4 rings (SSSR count). The third-order valence-electron chi connectivity index (χ3n) is 5.93. The number of Topliss-reactive ketones (excluding diaryl/α,β-unsaturated/α-hetero) is 1. The average molecular weight is 458 g/mol. The Morgan fingerprint density at radius 2 is 1.88 bits per heavy atom. The number of hydrogen-bond donors (Lipinski definition) is 1. The number of dihydropyridines is 1. The molecule has 1 aliphatic heterocycles. The lowest BCUT2D eigenvalue weighted by molar-refractivity contribution is -0.138. The normalized spacial score (nSPS) is 20.7. The van der Waals surface area contributed by atoms with Crippen LogP contribution in [0.2, 0.25) is 5.02 Å². The first-order valence-corrected chi connectivity index (χ1v) is 10.8. The summed E-state index contributed by atoms with van der Waals surface area (Å²) in [5, 5.41) is 3.78. The van der Waals surface area contributed by atoms with E-state index < -0.39 is 23.5 Å². The van der Waals surface area contributed by atoms with Gasteiger partial charge in [0.2, 0.25) is 0 Å². The standard InChI is InChI=1S/C25H22ClF2NO3/c1-3-32-25(31)22-13(2)29-20-10-15(14-4-6-16(26)7-5-14)11-21(30)24(20)23(22)18-12-17(27)8-9-19(18)28/h4-9,12,15,23,29H,3,10-11H2,1-2H3/t15-,23-/m1/s1. The number of ether oxygens (including phenoxy) is 1. The van der Waals surface area contributed by atoms with Crippen molar-refractivity contribution in [2.45, 2.75) is 38.5 Å². The monoisotopic (exact) mass is 457 g/mol. The topological polar surface area (TPSA) is 55.4 Å². The second-order valence-corrected chi connectivity index (χ2v) is 8.39. The van der Waals surface area contributed by atoms with Gasteiger partial charge in [-0.05, 0) is 62.1 Å². The zero-order valence-corrected chi connectivity index (χ0v) is 18.4. The van der Waals surface area contributed by atoms with E-state index in [1.165, 1.54) is 0 Å². The molecular weight excluding hydrogens is 436 g/mol. The lowest BCUT2D eigenvalue weighted by Crippen LogP contribution is -2.36. The molecule has 0 fully saturated rings. The molecule has 0 amide bonds. The number of halogens is 3. The van der Waals surface area contributed by atoms with E-state index in [0.29, 0.717) is 22.8 Å². The largest absolute Gasteiger partial charge is 0.463 e. The zero-order chi connectivity index (χ0) is 23.0. The predicted molar refractivity (Wildman–Crippen MR) is 117 cm³/mol. The van der Waals surface area contributed by atoms with Crippen LogP contribution < -0.4 is 5.32 Å². The Bertz CT molecular complexity index is 1150. The summed E-state index contributed by atoms with van der Waals surface area (Å²) in [4.78, 5) is 26.2. The third-order valence-corrected chi connectivity index (χ3v) is 6.19. The van der Waals surface area contributed by atoms with Crippen molar-refractivity contribution >= 4 is 23.4 Å². The summed E-state index contributed by atoms with van der Waals surface area (Å²) in [5.41, 5.74) is 2.38. The maximum Gasteiger partial charge on any atom is 0.336 e. The SMILES string of the molecule is CCOC(=O)C1=C(C)NC2=C(C(=O)C[C@H](c3ccc(Cl)cc3)C2)[C@@H]1c1cc(F)ccc1F. The Labute approximate surface area is 189 Å². The Hall–Kier alpha value is -2.99. The number of ketones is 1. The lowest BCUT2D eigenvalue weighted by atomic mass is 9.71. The minimum atomic E-state index is -1.04. The van der Waals surface area contributed by atoms with Crippen LogP contribution in [-0.4, -0.2) is 18.4 Å². The minimum absolute atomic E-state index is 0.0558. The van der Waals surface area contributed by atoms with Gasteiger partial charge in [0.05, 0.1) is 18.1 Å². The molecule has 32 heavy (non-hydrogen) atoms. The summed E-state index contributed by atoms with van der Waals surface area (Å²) in [6.07, 6.45) is 0.675. The Balaban J connectivity index is 1.83. The first-order chi connectivity index (χ1) is 15.3. The highest BCUT2D eigenvalue weighted by molar-refractivity contribution is 6.30. The Morgan fingerprint density at radius 1 is 1.16 bits per heavy atom. The fourth-order valence-electron chi connectivity index (χ4n) is 4.54. The molecule has 4 nitrogen and oxygen atoms in total. The average Bonchev–Trinajstić information content (AvgIpc) is 2.75. The van der Waals surface area contributed by atoms with Gasteiger partial charge in [0, 0.05) is 34.0 Å². The molecule has 0 saturated heterocycles. The van der Waals surface area contributed by atoms with Crippen LogP contribution in [0.5, 0.6) is 0 Å². The molecule has 0 spiro atoms. The first kappa shape index (κ1) is 22.2. The second kappa shape index (κ2) is 8.87. The summed E-state index contributed by atoms with van der Waals surface area (Å²) in [6.45, 7) is 3.46. The lowest BCUT2D eigenvalue weighted by Gasteiger charge is -2.36. The highest BCUT2D eigenvalue weighted by Gasteiger charge is 2.42. The summed E-state index contributed by atoms with van der Waals surface area (Å²) in [6, 6.07) is 10.4. The second-order valence-electron chi connectivity index (χ2n) is 7.96. The van der Waals surface area contributed by atoms with E-state index in [9.17, 15) is 18.4 Å². The number of benzene rings is 2. The van der Waals surface area contributed by atoms with Crippen molar-refractivity contribution < 1.29 is 23.1 Å². The molecule has 0 saturated carbocycles. The van der Waals surface area contributed by atoms with Crippen LogP contribution in [0.1, 0.15) is 49.7 Å². The highest BCUT2D eigenvalue weighted by atomic mass is 35.5. The number of nitrogens with one attached hydrogen (secondary N) is 1. The summed E-state index contributed by atoms with van der Waals surface area (Å²) in [5.74, 6) is -3.36. The van der Waals surface area contributed by atoms with E-state index in [4.69, 9.17) is 16.3 Å². The summed E-state index contributed by atoms with van der Waals surface area (Å²) < 4.78 is 34.1. The Morgan fingerprint density at radius 3 is 2.56 bits per heavy atom. The van der Waals surface area contributed by atoms with Gasteiger partial charge in [-0.15, -0.1) is 0 Å². The fraction of sp³-hybridized carbons (Fsp3) is 0.280. The molecule has 166 valence electrons. The van der Waals surface area contributed by atoms with Crippen LogP contribution in [-0.2, 0) is 14.3 Å². The van der Waals surface area contributed by atoms with E-state index in [1.807, 2.05) is 12.1 Å². The molecule has 0 aromatic heterocycles. The zero-order valence-electron chi connectivity index (χ0n) is 17.7. The van der Waals surface area contributed by atoms with Crippen molar-refractivity contribution in [1.82, 2.24) is 5.32 Å². The number of rotatable bonds is 4. The van der Waals surface area contributed by atoms with Gasteiger partial charge in [-0.1, -0.05) is 23.7 Å². The van der Waals surface area contributed by atoms with Crippen molar-refractivity contribution in [3.05, 3.63) is 92.8 Å². The van der Waals surface area contributed by atoms with Gasteiger partial charge in [-0.3, -0.25) is 4.79 Å². The van der Waals surface area contributed by atoms with Crippen LogP contribution in [0.15, 0.2) is 65.0 Å². The number of allylic oxidation sites excluding steroid dienone is 3. The van der Waals surface area contributed by atoms with E-state index in [-0.39, 0.29) is 41.4 Å². The highest BCUT2D eigenvalue weighted by Crippen LogP contribution is 2.46. The van der Waals surface area contributed by atoms with E-state index >= 15 is 0 Å². The number of esters is 1. The van der Waals surface area contributed by atoms with Gasteiger partial charge < -0.3 is 10.1 Å². The summed E-state index contributed by atoms with van der Waals surface area (Å²) in [7, 11) is 0. The van der Waals surface area contributed by atoms with Gasteiger partial charge in [0.15, 0.2) is 5.78 Å². The van der Waals surface area contributed by atoms with Gasteiger partial charge in [0.1, 0.15) is 11.6 Å². The van der Waals surface area contributed by atoms with Gasteiger partial charge in [-0.2, -0.15) is 0 Å². The van der Waals surface area contributed by atoms with E-state index in [1.54, 1.807) is 26.0 Å². The molecule has 0 radical (unpaired) electrons. The molecule has 0 unspecified atom stereocenters. The molecule has 2 aliphatic rings. The van der Waals surface area contributed by atoms with Crippen LogP contribution in [0.3, 0.4) is 0 Å². The Kier molecular flexibility index (Phi) is 6.15. The molecule has 1 aliphatic carbocycles. The van der Waals surface area contributed by atoms with Crippen molar-refractivity contribution in [2.75, 3.05) is 6.61 Å². The van der Waals surface area contributed by atoms with E-state index in [0.717, 1.165) is 23.8 Å². The molecule has 2 atom stereocenters. The summed E-state index contributed by atoms with van der Waals surface area (Å²) >= 11 is 5.99. The number of carbonyl (C=O) groups excluding carboxylic acids is 2. The maximum atomic E-state index is 14.9. The maximum absolute atomic E-state index is 14.9. The first-order valence-electron chi connectivity index (χ1n) is 10.4. The van der Waals surface area contributed by atoms with Crippen LogP contribution in [0.4, 0.5) is 8.78 Å². The third kappa shape index (κ3) is 4.07. The van der Waals surface area contributed by atoms with Gasteiger partial charge in [-0.25, -0.2) is 13.6 Å². The van der Waals surface area contributed by atoms with Crippen molar-refractivity contribution in [3.8, 4) is 0 Å². The number of hydrogen-bond acceptors (Lipinski definition) is 4. The molecule has 2 aromatic rings. The molecule has 1 N–H and O–H groups in total. The fourth-order valence-corrected chi connectivity index (χ4v) is 4.66. The van der Waals surface area contributed by atoms with Crippen LogP contribution >= 0.6 is 11.6 Å². The molecule has 0 bridgehead atoms. The van der Waals surface area contributed by atoms with Crippen molar-refractivity contribution in [1.29, 1.82) is 0 Å². The minimum Gasteiger partial charge on any atom is -0.463 e. The van der Waals surface area contributed by atoms with Crippen LogP contribution in [0, 0.1) is 11.6 Å². The molecule has 1 heterocycles. The van der Waals surface area contributed by atoms with Crippen LogP contribution in [0.25, 0.3) is 0 Å². The van der Waals surface area contributed by atoms with Crippen molar-refractivity contribution in [2.24, 2.45) is 0 Å². The molecule has 7 heteroatoms. The molecular formula is C25H22ClF2NO3.